The minimum atomic E-state index is -4.03. The first kappa shape index (κ1) is 17.1. The lowest BCUT2D eigenvalue weighted by atomic mass is 9.78. The molecule has 2 aliphatic rings. The number of hydrogen-bond acceptors (Lipinski definition) is 2. The molecule has 0 aromatic heterocycles. The maximum atomic E-state index is 12.9. The van der Waals surface area contributed by atoms with Gasteiger partial charge < -0.3 is 10.2 Å². The van der Waals surface area contributed by atoms with Crippen LogP contribution in [0.1, 0.15) is 46.0 Å². The van der Waals surface area contributed by atoms with Crippen molar-refractivity contribution in [3.8, 4) is 0 Å². The summed E-state index contributed by atoms with van der Waals surface area (Å²) in [6.07, 6.45) is 0.496. The van der Waals surface area contributed by atoms with E-state index in [1.165, 1.54) is 6.42 Å². The molecule has 4 unspecified atom stereocenters. The number of alkyl halides is 3. The predicted molar refractivity (Wildman–Crippen MR) is 79.2 cm³/mol. The van der Waals surface area contributed by atoms with Crippen LogP contribution in [-0.4, -0.2) is 43.3 Å². The quantitative estimate of drug-likeness (QED) is 0.852. The first-order chi connectivity index (χ1) is 9.90. The summed E-state index contributed by atoms with van der Waals surface area (Å²) in [7, 11) is 0. The van der Waals surface area contributed by atoms with Crippen molar-refractivity contribution in [1.29, 1.82) is 0 Å². The molecule has 0 radical (unpaired) electrons. The molecule has 0 aromatic carbocycles. The topological polar surface area (TPSA) is 15.3 Å². The summed E-state index contributed by atoms with van der Waals surface area (Å²) in [4.78, 5) is 2.06. The minimum absolute atomic E-state index is 0.202. The summed E-state index contributed by atoms with van der Waals surface area (Å²) in [6.45, 7) is 7.18. The van der Waals surface area contributed by atoms with Crippen molar-refractivity contribution in [1.82, 2.24) is 10.2 Å². The molecule has 1 aliphatic heterocycles. The first-order valence-electron chi connectivity index (χ1n) is 8.42. The third kappa shape index (κ3) is 4.85. The second-order valence-electron chi connectivity index (χ2n) is 6.98. The first-order valence-corrected chi connectivity index (χ1v) is 8.42. The number of hydrogen-bond donors (Lipinski definition) is 1. The molecular weight excluding hydrogens is 277 g/mol. The summed E-state index contributed by atoms with van der Waals surface area (Å²) >= 11 is 0. The molecule has 2 nitrogen and oxygen atoms in total. The summed E-state index contributed by atoms with van der Waals surface area (Å²) in [5.74, 6) is 0.0821. The molecule has 4 atom stereocenters. The van der Waals surface area contributed by atoms with Crippen molar-refractivity contribution in [2.45, 2.75) is 58.2 Å². The highest BCUT2D eigenvalue weighted by molar-refractivity contribution is 4.87. The molecule has 1 saturated carbocycles. The molecule has 0 spiro atoms. The SMILES string of the molecule is CCNC1CCC(C)CC1CN1CCCC(C(F)(F)F)C1. The molecule has 2 fully saturated rings. The molecule has 124 valence electrons. The Morgan fingerprint density at radius 3 is 2.62 bits per heavy atom. The number of piperidine rings is 1. The van der Waals surface area contributed by atoms with Gasteiger partial charge in [-0.2, -0.15) is 13.2 Å². The summed E-state index contributed by atoms with van der Waals surface area (Å²) < 4.78 is 38.7. The number of likely N-dealkylation sites (tertiary alicyclic amines) is 1. The Bertz CT molecular complexity index is 319. The van der Waals surface area contributed by atoms with Gasteiger partial charge >= 0.3 is 6.18 Å². The average molecular weight is 306 g/mol. The Morgan fingerprint density at radius 1 is 1.19 bits per heavy atom. The Labute approximate surface area is 126 Å². The lowest BCUT2D eigenvalue weighted by Crippen LogP contribution is -2.49. The van der Waals surface area contributed by atoms with E-state index in [9.17, 15) is 13.2 Å². The van der Waals surface area contributed by atoms with Gasteiger partial charge in [-0.3, -0.25) is 0 Å². The smallest absolute Gasteiger partial charge is 0.314 e. The molecule has 1 heterocycles. The highest BCUT2D eigenvalue weighted by atomic mass is 19.4. The van der Waals surface area contributed by atoms with Crippen LogP contribution in [0.3, 0.4) is 0 Å². The fraction of sp³-hybridized carbons (Fsp3) is 1.00. The van der Waals surface area contributed by atoms with E-state index in [1.807, 2.05) is 0 Å². The Balaban J connectivity index is 1.91. The standard InChI is InChI=1S/C16H29F3N2/c1-3-20-15-7-6-12(2)9-13(15)10-21-8-4-5-14(11-21)16(17,18)19/h12-15,20H,3-11H2,1-2H3. The molecule has 1 saturated heterocycles. The van der Waals surface area contributed by atoms with Crippen molar-refractivity contribution < 1.29 is 13.2 Å². The molecule has 5 heteroatoms. The van der Waals surface area contributed by atoms with Crippen LogP contribution in [-0.2, 0) is 0 Å². The van der Waals surface area contributed by atoms with E-state index in [1.54, 1.807) is 0 Å². The highest BCUT2D eigenvalue weighted by Crippen LogP contribution is 2.35. The van der Waals surface area contributed by atoms with Crippen LogP contribution >= 0.6 is 0 Å². The normalized spacial score (nSPS) is 35.9. The van der Waals surface area contributed by atoms with Gasteiger partial charge in [0.15, 0.2) is 0 Å². The second-order valence-corrected chi connectivity index (χ2v) is 6.98. The van der Waals surface area contributed by atoms with Crippen LogP contribution in [0.4, 0.5) is 13.2 Å². The van der Waals surface area contributed by atoms with Crippen molar-refractivity contribution in [3.05, 3.63) is 0 Å². The predicted octanol–water partition coefficient (Wildman–Crippen LogP) is 3.68. The van der Waals surface area contributed by atoms with E-state index in [-0.39, 0.29) is 6.54 Å². The van der Waals surface area contributed by atoms with Crippen LogP contribution in [0.5, 0.6) is 0 Å². The molecule has 21 heavy (non-hydrogen) atoms. The number of rotatable bonds is 4. The van der Waals surface area contributed by atoms with E-state index in [0.717, 1.165) is 32.5 Å². The average Bonchev–Trinajstić information content (AvgIpc) is 2.41. The van der Waals surface area contributed by atoms with E-state index >= 15 is 0 Å². The molecular formula is C16H29F3N2. The maximum absolute atomic E-state index is 12.9. The van der Waals surface area contributed by atoms with E-state index in [2.05, 4.69) is 24.1 Å². The van der Waals surface area contributed by atoms with Crippen LogP contribution in [0.2, 0.25) is 0 Å². The van der Waals surface area contributed by atoms with Crippen molar-refractivity contribution in [2.24, 2.45) is 17.8 Å². The van der Waals surface area contributed by atoms with Gasteiger partial charge in [-0.25, -0.2) is 0 Å². The van der Waals surface area contributed by atoms with Gasteiger partial charge in [0.1, 0.15) is 0 Å². The van der Waals surface area contributed by atoms with Gasteiger partial charge in [-0.05, 0) is 57.0 Å². The fourth-order valence-electron chi connectivity index (χ4n) is 4.05. The number of nitrogens with one attached hydrogen (secondary N) is 1. The summed E-state index contributed by atoms with van der Waals surface area (Å²) in [5, 5.41) is 3.54. The monoisotopic (exact) mass is 306 g/mol. The van der Waals surface area contributed by atoms with E-state index in [0.29, 0.717) is 30.7 Å². The van der Waals surface area contributed by atoms with E-state index < -0.39 is 12.1 Å². The summed E-state index contributed by atoms with van der Waals surface area (Å²) in [5.41, 5.74) is 0. The highest BCUT2D eigenvalue weighted by Gasteiger charge is 2.42. The zero-order valence-corrected chi connectivity index (χ0v) is 13.3. The van der Waals surface area contributed by atoms with Gasteiger partial charge in [-0.1, -0.05) is 13.8 Å². The Kier molecular flexibility index (Phi) is 5.95. The lowest BCUT2D eigenvalue weighted by Gasteiger charge is -2.41. The third-order valence-corrected chi connectivity index (χ3v) is 5.17. The molecule has 1 N–H and O–H groups in total. The molecule has 0 amide bonds. The van der Waals surface area contributed by atoms with E-state index in [4.69, 9.17) is 0 Å². The van der Waals surface area contributed by atoms with Crippen LogP contribution in [0.15, 0.2) is 0 Å². The van der Waals surface area contributed by atoms with Gasteiger partial charge in [0, 0.05) is 19.1 Å². The van der Waals surface area contributed by atoms with Crippen LogP contribution < -0.4 is 5.32 Å². The molecule has 0 aromatic rings. The minimum Gasteiger partial charge on any atom is -0.314 e. The van der Waals surface area contributed by atoms with Crippen molar-refractivity contribution in [3.63, 3.8) is 0 Å². The zero-order valence-electron chi connectivity index (χ0n) is 13.3. The van der Waals surface area contributed by atoms with Crippen LogP contribution in [0, 0.1) is 17.8 Å². The van der Waals surface area contributed by atoms with Crippen LogP contribution in [0.25, 0.3) is 0 Å². The lowest BCUT2D eigenvalue weighted by molar-refractivity contribution is -0.187. The largest absolute Gasteiger partial charge is 0.393 e. The van der Waals surface area contributed by atoms with Gasteiger partial charge in [-0.15, -0.1) is 0 Å². The summed E-state index contributed by atoms with van der Waals surface area (Å²) in [6, 6.07) is 0.484. The Morgan fingerprint density at radius 2 is 1.95 bits per heavy atom. The molecule has 0 bridgehead atoms. The fourth-order valence-corrected chi connectivity index (χ4v) is 4.05. The second kappa shape index (κ2) is 7.32. The Hall–Kier alpha value is -0.290. The molecule has 2 rings (SSSR count). The third-order valence-electron chi connectivity index (χ3n) is 5.17. The number of halogens is 3. The van der Waals surface area contributed by atoms with Gasteiger partial charge in [0.2, 0.25) is 0 Å². The van der Waals surface area contributed by atoms with Gasteiger partial charge in [0.05, 0.1) is 5.92 Å². The van der Waals surface area contributed by atoms with Gasteiger partial charge in [0.25, 0.3) is 0 Å². The number of nitrogens with zero attached hydrogens (tertiary/aromatic N) is 1. The van der Waals surface area contributed by atoms with Crippen molar-refractivity contribution in [2.75, 3.05) is 26.2 Å². The van der Waals surface area contributed by atoms with Crippen molar-refractivity contribution >= 4 is 0 Å². The maximum Gasteiger partial charge on any atom is 0.393 e. The molecule has 1 aliphatic carbocycles. The zero-order chi connectivity index (χ0) is 15.5.